The summed E-state index contributed by atoms with van der Waals surface area (Å²) < 4.78 is 0. The van der Waals surface area contributed by atoms with Gasteiger partial charge in [-0.25, -0.2) is 0 Å². The Balaban J connectivity index is 1.39. The lowest BCUT2D eigenvalue weighted by molar-refractivity contribution is -0.123. The summed E-state index contributed by atoms with van der Waals surface area (Å²) in [5, 5.41) is 5.50. The number of likely N-dealkylation sites (tertiary alicyclic amines) is 1. The minimum Gasteiger partial charge on any atom is -0.377 e. The maximum absolute atomic E-state index is 11.7. The molecule has 0 bridgehead atoms. The van der Waals surface area contributed by atoms with Crippen LogP contribution in [0.3, 0.4) is 0 Å². The Bertz CT molecular complexity index is 991. The van der Waals surface area contributed by atoms with Crippen molar-refractivity contribution in [2.75, 3.05) is 18.4 Å². The average Bonchev–Trinajstić information content (AvgIpc) is 2.80. The smallest absolute Gasteiger partial charge is 0.220 e. The molecule has 4 nitrogen and oxygen atoms in total. The molecule has 1 aliphatic heterocycles. The second-order valence-electron chi connectivity index (χ2n) is 9.50. The molecule has 33 heavy (non-hydrogen) atoms. The second kappa shape index (κ2) is 10.9. The summed E-state index contributed by atoms with van der Waals surface area (Å²) in [7, 11) is 0. The third-order valence-corrected chi connectivity index (χ3v) is 8.25. The number of anilines is 1. The molecule has 1 heterocycles. The first-order valence-electron chi connectivity index (χ1n) is 11.9. The molecule has 3 atom stereocenters. The number of nitrogens with zero attached hydrogens (tertiary/aromatic N) is 1. The van der Waals surface area contributed by atoms with Crippen LogP contribution >= 0.6 is 34.8 Å². The van der Waals surface area contributed by atoms with Crippen LogP contribution in [-0.2, 0) is 4.79 Å². The van der Waals surface area contributed by atoms with Crippen LogP contribution in [0.4, 0.5) is 5.69 Å². The predicted molar refractivity (Wildman–Crippen MR) is 138 cm³/mol. The lowest BCUT2D eigenvalue weighted by atomic mass is 9.82. The van der Waals surface area contributed by atoms with Crippen molar-refractivity contribution in [2.45, 2.75) is 63.5 Å². The molecule has 0 spiro atoms. The number of carbonyl (C=O) groups excluding carboxylic acids is 1. The summed E-state index contributed by atoms with van der Waals surface area (Å²) in [6.45, 7) is 4.19. The molecular formula is C26H32Cl3N3O. The number of amides is 1. The fraction of sp³-hybridized carbons (Fsp3) is 0.500. The van der Waals surface area contributed by atoms with E-state index in [0.717, 1.165) is 56.4 Å². The minimum atomic E-state index is -0.134. The Labute approximate surface area is 211 Å². The third-order valence-electron chi connectivity index (χ3n) is 7.36. The normalized spacial score (nSPS) is 23.3. The molecule has 2 aromatic rings. The second-order valence-corrected chi connectivity index (χ2v) is 10.8. The lowest BCUT2D eigenvalue weighted by Crippen LogP contribution is -2.45. The number of benzene rings is 2. The van der Waals surface area contributed by atoms with E-state index in [-0.39, 0.29) is 17.9 Å². The fourth-order valence-electron chi connectivity index (χ4n) is 5.42. The van der Waals surface area contributed by atoms with Crippen LogP contribution in [0.15, 0.2) is 36.4 Å². The lowest BCUT2D eigenvalue weighted by Gasteiger charge is -2.41. The van der Waals surface area contributed by atoms with Crippen LogP contribution in [0, 0.1) is 5.92 Å². The number of carbonyl (C=O) groups is 1. The topological polar surface area (TPSA) is 58.4 Å². The molecular weight excluding hydrogens is 477 g/mol. The number of primary amides is 1. The number of nitrogens with one attached hydrogen (secondary N) is 1. The van der Waals surface area contributed by atoms with Gasteiger partial charge >= 0.3 is 0 Å². The van der Waals surface area contributed by atoms with E-state index in [2.05, 4.69) is 29.3 Å². The average molecular weight is 509 g/mol. The van der Waals surface area contributed by atoms with Gasteiger partial charge in [0.25, 0.3) is 0 Å². The first-order chi connectivity index (χ1) is 15.8. The molecule has 1 aliphatic carbocycles. The molecule has 3 N–H and O–H groups in total. The van der Waals surface area contributed by atoms with Crippen molar-refractivity contribution in [3.63, 3.8) is 0 Å². The highest BCUT2D eigenvalue weighted by atomic mass is 35.5. The summed E-state index contributed by atoms with van der Waals surface area (Å²) in [5.41, 5.74) is 8.80. The van der Waals surface area contributed by atoms with E-state index in [1.807, 2.05) is 18.2 Å². The van der Waals surface area contributed by atoms with E-state index in [1.165, 1.54) is 12.0 Å². The first-order valence-corrected chi connectivity index (χ1v) is 13.0. The molecule has 1 amide bonds. The zero-order chi connectivity index (χ0) is 23.5. The van der Waals surface area contributed by atoms with Crippen LogP contribution in [0.2, 0.25) is 15.1 Å². The third kappa shape index (κ3) is 5.97. The molecule has 7 heteroatoms. The van der Waals surface area contributed by atoms with Crippen molar-refractivity contribution in [1.82, 2.24) is 4.90 Å². The first kappa shape index (κ1) is 24.7. The van der Waals surface area contributed by atoms with Gasteiger partial charge in [-0.2, -0.15) is 0 Å². The standard InChI is InChI=1S/C26H32Cl3N3O/c1-16(22-7-6-20(27)15-24(22)29)31-25-14-18(5-8-23(25)28)17-9-11-32(12-10-17)21-4-2-3-19(13-21)26(30)33/h5-8,14-17,19,21,31H,2-4,9-13H2,1H3,(H2,30,33). The Morgan fingerprint density at radius 1 is 1.03 bits per heavy atom. The van der Waals surface area contributed by atoms with Crippen molar-refractivity contribution < 1.29 is 4.79 Å². The maximum atomic E-state index is 11.7. The van der Waals surface area contributed by atoms with E-state index in [1.54, 1.807) is 6.07 Å². The van der Waals surface area contributed by atoms with Crippen LogP contribution < -0.4 is 11.1 Å². The Hall–Kier alpha value is -1.46. The zero-order valence-electron chi connectivity index (χ0n) is 19.0. The minimum absolute atomic E-state index is 0.00568. The molecule has 1 saturated carbocycles. The van der Waals surface area contributed by atoms with Gasteiger partial charge in [0.2, 0.25) is 5.91 Å². The summed E-state index contributed by atoms with van der Waals surface area (Å²) in [6, 6.07) is 12.4. The highest BCUT2D eigenvalue weighted by Gasteiger charge is 2.32. The van der Waals surface area contributed by atoms with E-state index >= 15 is 0 Å². The number of hydrogen-bond donors (Lipinski definition) is 2. The van der Waals surface area contributed by atoms with Crippen molar-refractivity contribution in [3.8, 4) is 0 Å². The molecule has 4 rings (SSSR count). The van der Waals surface area contributed by atoms with Gasteiger partial charge in [-0.15, -0.1) is 0 Å². The van der Waals surface area contributed by atoms with Crippen molar-refractivity contribution >= 4 is 46.4 Å². The Kier molecular flexibility index (Phi) is 8.11. The SMILES string of the molecule is CC(Nc1cc(C2CCN(C3CCCC(C(N)=O)C3)CC2)ccc1Cl)c1ccc(Cl)cc1Cl. The predicted octanol–water partition coefficient (Wildman–Crippen LogP) is 7.04. The van der Waals surface area contributed by atoms with Crippen molar-refractivity contribution in [3.05, 3.63) is 62.6 Å². The van der Waals surface area contributed by atoms with Gasteiger partial charge in [-0.05, 0) is 93.4 Å². The number of hydrogen-bond acceptors (Lipinski definition) is 3. The quantitative estimate of drug-likeness (QED) is 0.440. The maximum Gasteiger partial charge on any atom is 0.220 e. The van der Waals surface area contributed by atoms with Crippen LogP contribution in [-0.4, -0.2) is 29.9 Å². The largest absolute Gasteiger partial charge is 0.377 e. The van der Waals surface area contributed by atoms with Crippen LogP contribution in [0.1, 0.15) is 68.5 Å². The van der Waals surface area contributed by atoms with Crippen LogP contribution in [0.25, 0.3) is 0 Å². The van der Waals surface area contributed by atoms with E-state index < -0.39 is 0 Å². The van der Waals surface area contributed by atoms with Crippen molar-refractivity contribution in [1.29, 1.82) is 0 Å². The summed E-state index contributed by atoms with van der Waals surface area (Å²) in [6.07, 6.45) is 6.35. The monoisotopic (exact) mass is 507 g/mol. The van der Waals surface area contributed by atoms with Crippen LogP contribution in [0.5, 0.6) is 0 Å². The molecule has 2 aliphatic rings. The van der Waals surface area contributed by atoms with Gasteiger partial charge in [0.15, 0.2) is 0 Å². The van der Waals surface area contributed by atoms with Gasteiger partial charge in [-0.3, -0.25) is 4.79 Å². The molecule has 1 saturated heterocycles. The molecule has 2 aromatic carbocycles. The molecule has 0 radical (unpaired) electrons. The van der Waals surface area contributed by atoms with E-state index in [9.17, 15) is 4.79 Å². The molecule has 3 unspecified atom stereocenters. The number of nitrogens with two attached hydrogens (primary N) is 1. The van der Waals surface area contributed by atoms with E-state index in [0.29, 0.717) is 27.0 Å². The fourth-order valence-corrected chi connectivity index (χ4v) is 6.17. The highest BCUT2D eigenvalue weighted by molar-refractivity contribution is 6.35. The Morgan fingerprint density at radius 2 is 1.79 bits per heavy atom. The van der Waals surface area contributed by atoms with Gasteiger partial charge in [0.05, 0.1) is 16.8 Å². The summed E-state index contributed by atoms with van der Waals surface area (Å²) in [5.74, 6) is 0.413. The zero-order valence-corrected chi connectivity index (χ0v) is 21.3. The Morgan fingerprint density at radius 3 is 2.48 bits per heavy atom. The van der Waals surface area contributed by atoms with Gasteiger partial charge < -0.3 is 16.0 Å². The molecule has 0 aromatic heterocycles. The highest BCUT2D eigenvalue weighted by Crippen LogP contribution is 2.37. The molecule has 2 fully saturated rings. The van der Waals surface area contributed by atoms with Gasteiger partial charge in [-0.1, -0.05) is 53.4 Å². The number of piperidine rings is 1. The van der Waals surface area contributed by atoms with E-state index in [4.69, 9.17) is 40.5 Å². The summed E-state index contributed by atoms with van der Waals surface area (Å²) in [4.78, 5) is 14.2. The number of rotatable bonds is 6. The number of halogens is 3. The van der Waals surface area contributed by atoms with Gasteiger partial charge in [0, 0.05) is 22.0 Å². The van der Waals surface area contributed by atoms with Crippen molar-refractivity contribution in [2.24, 2.45) is 11.7 Å². The summed E-state index contributed by atoms with van der Waals surface area (Å²) >= 11 is 19.0. The van der Waals surface area contributed by atoms with Gasteiger partial charge in [0.1, 0.15) is 0 Å². The molecule has 178 valence electrons.